The summed E-state index contributed by atoms with van der Waals surface area (Å²) in [5, 5.41) is 4.31. The van der Waals surface area contributed by atoms with Crippen molar-refractivity contribution in [2.75, 3.05) is 31.6 Å². The number of ether oxygens (including phenoxy) is 2. The van der Waals surface area contributed by atoms with Crippen molar-refractivity contribution in [2.45, 2.75) is 20.1 Å². The summed E-state index contributed by atoms with van der Waals surface area (Å²) in [7, 11) is 0. The van der Waals surface area contributed by atoms with Crippen molar-refractivity contribution in [3.8, 4) is 5.75 Å². The van der Waals surface area contributed by atoms with E-state index in [0.29, 0.717) is 12.6 Å². The molecule has 0 saturated carbocycles. The molecule has 3 heterocycles. The van der Waals surface area contributed by atoms with Crippen molar-refractivity contribution in [1.82, 2.24) is 24.8 Å². The van der Waals surface area contributed by atoms with Crippen molar-refractivity contribution >= 4 is 22.5 Å². The average Bonchev–Trinajstić information content (AvgIpc) is 2.84. The number of hydrogen-bond donors (Lipinski definition) is 1. The number of fused-ring (bicyclic) bond motifs is 1. The average molecular weight is 443 g/mol. The van der Waals surface area contributed by atoms with Crippen LogP contribution in [0.5, 0.6) is 5.75 Å². The highest BCUT2D eigenvalue weighted by Crippen LogP contribution is 2.26. The highest BCUT2D eigenvalue weighted by atomic mass is 16.5. The Kier molecular flexibility index (Phi) is 6.37. The highest BCUT2D eigenvalue weighted by Gasteiger charge is 2.11. The monoisotopic (exact) mass is 442 g/mol. The number of aromatic nitrogens is 4. The van der Waals surface area contributed by atoms with Crippen molar-refractivity contribution < 1.29 is 9.47 Å². The lowest BCUT2D eigenvalue weighted by molar-refractivity contribution is 0.0342. The lowest BCUT2D eigenvalue weighted by atomic mass is 10.1. The van der Waals surface area contributed by atoms with Gasteiger partial charge in [0.25, 0.3) is 0 Å². The van der Waals surface area contributed by atoms with Crippen LogP contribution in [0.3, 0.4) is 0 Å². The Morgan fingerprint density at radius 2 is 1.88 bits per heavy atom. The third kappa shape index (κ3) is 5.42. The molecule has 168 valence electrons. The van der Waals surface area contributed by atoms with Gasteiger partial charge in [-0.3, -0.25) is 4.90 Å². The van der Waals surface area contributed by atoms with E-state index < -0.39 is 0 Å². The summed E-state index contributed by atoms with van der Waals surface area (Å²) >= 11 is 0. The van der Waals surface area contributed by atoms with E-state index in [2.05, 4.69) is 43.4 Å². The topological polar surface area (TPSA) is 85.3 Å². The summed E-state index contributed by atoms with van der Waals surface area (Å²) in [4.78, 5) is 19.7. The van der Waals surface area contributed by atoms with Crippen molar-refractivity contribution in [3.63, 3.8) is 0 Å². The van der Waals surface area contributed by atoms with Crippen molar-refractivity contribution in [1.29, 1.82) is 0 Å². The molecule has 2 aromatic heterocycles. The summed E-state index contributed by atoms with van der Waals surface area (Å²) in [6.45, 7) is 6.85. The number of rotatable bonds is 7. The minimum Gasteiger partial charge on any atom is -0.488 e. The summed E-state index contributed by atoms with van der Waals surface area (Å²) < 4.78 is 11.4. The Morgan fingerprint density at radius 1 is 1.03 bits per heavy atom. The fourth-order valence-electron chi connectivity index (χ4n) is 3.85. The van der Waals surface area contributed by atoms with Gasteiger partial charge in [0.1, 0.15) is 18.7 Å². The smallest absolute Gasteiger partial charge is 0.227 e. The van der Waals surface area contributed by atoms with Gasteiger partial charge in [-0.15, -0.1) is 0 Å². The SMILES string of the molecule is Cc1cc2cnc(Nc3cccc(CN4CCOCC4)c3)nc2cc1OCc1cncnc1. The molecule has 8 nitrogen and oxygen atoms in total. The van der Waals surface area contributed by atoms with E-state index >= 15 is 0 Å². The first-order valence-electron chi connectivity index (χ1n) is 11.0. The lowest BCUT2D eigenvalue weighted by Crippen LogP contribution is -2.35. The number of nitrogens with one attached hydrogen (secondary N) is 1. The molecule has 0 unspecified atom stereocenters. The molecule has 1 aliphatic rings. The Balaban J connectivity index is 1.31. The van der Waals surface area contributed by atoms with E-state index in [9.17, 15) is 0 Å². The van der Waals surface area contributed by atoms with E-state index in [1.165, 1.54) is 11.9 Å². The van der Waals surface area contributed by atoms with Gasteiger partial charge in [0.15, 0.2) is 0 Å². The Morgan fingerprint density at radius 3 is 2.73 bits per heavy atom. The van der Waals surface area contributed by atoms with Gasteiger partial charge in [0.2, 0.25) is 5.95 Å². The molecule has 8 heteroatoms. The van der Waals surface area contributed by atoms with Crippen LogP contribution in [-0.2, 0) is 17.9 Å². The normalized spacial score (nSPS) is 14.3. The number of benzene rings is 2. The maximum atomic E-state index is 6.00. The van der Waals surface area contributed by atoms with Crippen LogP contribution in [0.25, 0.3) is 10.9 Å². The molecule has 1 fully saturated rings. The van der Waals surface area contributed by atoms with Gasteiger partial charge < -0.3 is 14.8 Å². The molecule has 1 saturated heterocycles. The largest absolute Gasteiger partial charge is 0.488 e. The molecule has 0 bridgehead atoms. The summed E-state index contributed by atoms with van der Waals surface area (Å²) in [5.74, 6) is 1.33. The van der Waals surface area contributed by atoms with Gasteiger partial charge >= 0.3 is 0 Å². The first-order chi connectivity index (χ1) is 16.2. The van der Waals surface area contributed by atoms with Gasteiger partial charge in [0, 0.05) is 60.9 Å². The Labute approximate surface area is 192 Å². The van der Waals surface area contributed by atoms with Gasteiger partial charge in [-0.25, -0.2) is 19.9 Å². The fraction of sp³-hybridized carbons (Fsp3) is 0.280. The number of aryl methyl sites for hydroxylation is 1. The molecule has 4 aromatic rings. The van der Waals surface area contributed by atoms with Crippen LogP contribution in [0.15, 0.2) is 61.3 Å². The van der Waals surface area contributed by atoms with E-state index in [1.54, 1.807) is 12.4 Å². The summed E-state index contributed by atoms with van der Waals surface area (Å²) in [5.41, 5.74) is 4.98. The second kappa shape index (κ2) is 9.89. The van der Waals surface area contributed by atoms with Gasteiger partial charge in [-0.05, 0) is 36.2 Å². The van der Waals surface area contributed by atoms with Crippen molar-refractivity contribution in [2.24, 2.45) is 0 Å². The zero-order valence-electron chi connectivity index (χ0n) is 18.6. The minimum atomic E-state index is 0.402. The molecule has 0 spiro atoms. The second-order valence-corrected chi connectivity index (χ2v) is 8.12. The summed E-state index contributed by atoms with van der Waals surface area (Å²) in [6, 6.07) is 12.4. The van der Waals surface area contributed by atoms with Crippen LogP contribution in [0.1, 0.15) is 16.7 Å². The number of morpholine rings is 1. The molecule has 2 aromatic carbocycles. The molecule has 0 atom stereocenters. The number of anilines is 2. The predicted octanol–water partition coefficient (Wildman–Crippen LogP) is 3.88. The van der Waals surface area contributed by atoms with Crippen LogP contribution in [-0.4, -0.2) is 51.1 Å². The molecular weight excluding hydrogens is 416 g/mol. The standard InChI is InChI=1S/C25H26N6O2/c1-18-9-21-14-28-25(30-23(21)11-24(18)33-16-20-12-26-17-27-13-20)29-22-4-2-3-19(10-22)15-31-5-7-32-8-6-31/h2-4,9-14,17H,5-8,15-16H2,1H3,(H,28,29,30). The Bertz CT molecular complexity index is 1230. The maximum Gasteiger partial charge on any atom is 0.227 e. The number of hydrogen-bond acceptors (Lipinski definition) is 8. The van der Waals surface area contributed by atoms with Crippen LogP contribution < -0.4 is 10.1 Å². The second-order valence-electron chi connectivity index (χ2n) is 8.12. The zero-order valence-corrected chi connectivity index (χ0v) is 18.6. The molecule has 5 rings (SSSR count). The molecule has 1 aliphatic heterocycles. The Hall–Kier alpha value is -3.62. The fourth-order valence-corrected chi connectivity index (χ4v) is 3.85. The van der Waals surface area contributed by atoms with E-state index in [0.717, 1.165) is 66.3 Å². The molecule has 1 N–H and O–H groups in total. The zero-order chi connectivity index (χ0) is 22.5. The van der Waals surface area contributed by atoms with Crippen LogP contribution in [0.4, 0.5) is 11.6 Å². The predicted molar refractivity (Wildman–Crippen MR) is 126 cm³/mol. The molecule has 0 aliphatic carbocycles. The van der Waals surface area contributed by atoms with Crippen LogP contribution in [0.2, 0.25) is 0 Å². The highest BCUT2D eigenvalue weighted by molar-refractivity contribution is 5.81. The minimum absolute atomic E-state index is 0.402. The summed E-state index contributed by atoms with van der Waals surface area (Å²) in [6.07, 6.45) is 6.85. The third-order valence-electron chi connectivity index (χ3n) is 5.58. The van der Waals surface area contributed by atoms with Crippen LogP contribution in [0, 0.1) is 6.92 Å². The molecule has 0 amide bonds. The van der Waals surface area contributed by atoms with Crippen LogP contribution >= 0.6 is 0 Å². The first kappa shape index (κ1) is 21.2. The van der Waals surface area contributed by atoms with Gasteiger partial charge in [-0.1, -0.05) is 12.1 Å². The molecule has 33 heavy (non-hydrogen) atoms. The van der Waals surface area contributed by atoms with E-state index in [-0.39, 0.29) is 0 Å². The third-order valence-corrected chi connectivity index (χ3v) is 5.58. The number of nitrogens with zero attached hydrogens (tertiary/aromatic N) is 5. The quantitative estimate of drug-likeness (QED) is 0.462. The lowest BCUT2D eigenvalue weighted by Gasteiger charge is -2.26. The van der Waals surface area contributed by atoms with Gasteiger partial charge in [0.05, 0.1) is 18.7 Å². The maximum absolute atomic E-state index is 6.00. The molecule has 0 radical (unpaired) electrons. The van der Waals surface area contributed by atoms with E-state index in [1.807, 2.05) is 31.3 Å². The molecular formula is C25H26N6O2. The van der Waals surface area contributed by atoms with Crippen molar-refractivity contribution in [3.05, 3.63) is 78.0 Å². The van der Waals surface area contributed by atoms with E-state index in [4.69, 9.17) is 14.5 Å². The van der Waals surface area contributed by atoms with Gasteiger partial charge in [-0.2, -0.15) is 0 Å². The first-order valence-corrected chi connectivity index (χ1v) is 11.0.